The molecule has 2 aromatic carbocycles. The zero-order chi connectivity index (χ0) is 20.1. The molecule has 0 N–H and O–H groups in total. The lowest BCUT2D eigenvalue weighted by molar-refractivity contribution is 0.312. The molecule has 0 unspecified atom stereocenters. The molecular weight excluding hydrogens is 374 g/mol. The first kappa shape index (κ1) is 20.2. The van der Waals surface area contributed by atoms with Crippen molar-refractivity contribution in [2.75, 3.05) is 6.61 Å². The number of benzene rings is 2. The van der Waals surface area contributed by atoms with E-state index in [1.165, 1.54) is 5.56 Å². The van der Waals surface area contributed by atoms with Crippen LogP contribution in [-0.2, 0) is 20.7 Å². The quantitative estimate of drug-likeness (QED) is 0.422. The molecule has 7 heteroatoms. The predicted octanol–water partition coefficient (Wildman–Crippen LogP) is 4.04. The summed E-state index contributed by atoms with van der Waals surface area (Å²) >= 11 is 0. The van der Waals surface area contributed by atoms with E-state index in [0.717, 1.165) is 16.9 Å². The minimum absolute atomic E-state index is 0.103. The van der Waals surface area contributed by atoms with Crippen molar-refractivity contribution in [2.45, 2.75) is 44.4 Å². The topological polar surface area (TPSA) is 74.1 Å². The summed E-state index contributed by atoms with van der Waals surface area (Å²) in [6, 6.07) is 14.8. The molecule has 148 valence electrons. The van der Waals surface area contributed by atoms with Crippen LogP contribution in [0.15, 0.2) is 59.6 Å². The molecule has 0 fully saturated rings. The van der Waals surface area contributed by atoms with Crippen LogP contribution < -0.4 is 0 Å². The van der Waals surface area contributed by atoms with Crippen LogP contribution in [0.2, 0.25) is 0 Å². The number of hydrogen-bond donors (Lipinski definition) is 0. The van der Waals surface area contributed by atoms with Crippen LogP contribution in [0.5, 0.6) is 0 Å². The van der Waals surface area contributed by atoms with Crippen LogP contribution in [-0.4, -0.2) is 30.0 Å². The Labute approximate surface area is 166 Å². The molecule has 3 aromatic rings. The van der Waals surface area contributed by atoms with Gasteiger partial charge in [-0.1, -0.05) is 48.9 Å². The standard InChI is InChI=1S/C21H25N3O3S/c1-16(2)18-8-10-20(11-9-18)24-15-19(22-23-24)5-4-14-27-28(25,26)21-12-6-17(3)7-13-21/h6-13,15-16H,4-5,14H2,1-3H3. The Kier molecular flexibility index (Phi) is 6.26. The molecule has 28 heavy (non-hydrogen) atoms. The summed E-state index contributed by atoms with van der Waals surface area (Å²) in [5.41, 5.74) is 4.02. The maximum absolute atomic E-state index is 12.2. The van der Waals surface area contributed by atoms with Gasteiger partial charge >= 0.3 is 0 Å². The van der Waals surface area contributed by atoms with Crippen molar-refractivity contribution in [2.24, 2.45) is 0 Å². The minimum Gasteiger partial charge on any atom is -0.266 e. The fraction of sp³-hybridized carbons (Fsp3) is 0.333. The number of nitrogens with zero attached hydrogens (tertiary/aromatic N) is 3. The Hall–Kier alpha value is -2.51. The Balaban J connectivity index is 1.52. The van der Waals surface area contributed by atoms with E-state index in [9.17, 15) is 8.42 Å². The second-order valence-corrected chi connectivity index (χ2v) is 8.71. The van der Waals surface area contributed by atoms with E-state index < -0.39 is 10.1 Å². The van der Waals surface area contributed by atoms with Crippen LogP contribution in [0.3, 0.4) is 0 Å². The Morgan fingerprint density at radius 1 is 1.04 bits per heavy atom. The van der Waals surface area contributed by atoms with Gasteiger partial charge in [0.15, 0.2) is 0 Å². The molecule has 0 aliphatic rings. The normalized spacial score (nSPS) is 11.9. The molecule has 0 spiro atoms. The van der Waals surface area contributed by atoms with Crippen molar-refractivity contribution >= 4 is 10.1 Å². The molecule has 0 aliphatic heterocycles. The molecule has 3 rings (SSSR count). The van der Waals surface area contributed by atoms with E-state index in [1.54, 1.807) is 28.9 Å². The van der Waals surface area contributed by atoms with Crippen LogP contribution in [0.25, 0.3) is 5.69 Å². The van der Waals surface area contributed by atoms with Gasteiger partial charge in [0.25, 0.3) is 10.1 Å². The van der Waals surface area contributed by atoms with Crippen molar-refractivity contribution in [1.82, 2.24) is 15.0 Å². The third-order valence-corrected chi connectivity index (χ3v) is 5.82. The molecule has 0 amide bonds. The summed E-state index contributed by atoms with van der Waals surface area (Å²) < 4.78 is 31.2. The summed E-state index contributed by atoms with van der Waals surface area (Å²) in [5, 5.41) is 8.31. The average Bonchev–Trinajstić information content (AvgIpc) is 3.15. The summed E-state index contributed by atoms with van der Waals surface area (Å²) in [4.78, 5) is 0.175. The highest BCUT2D eigenvalue weighted by molar-refractivity contribution is 7.86. The molecule has 0 bridgehead atoms. The lowest BCUT2D eigenvalue weighted by atomic mass is 10.0. The van der Waals surface area contributed by atoms with Crippen molar-refractivity contribution in [3.8, 4) is 5.69 Å². The first-order valence-electron chi connectivity index (χ1n) is 9.33. The lowest BCUT2D eigenvalue weighted by Gasteiger charge is -2.06. The zero-order valence-electron chi connectivity index (χ0n) is 16.4. The molecule has 0 atom stereocenters. The maximum atomic E-state index is 12.2. The second-order valence-electron chi connectivity index (χ2n) is 7.09. The number of aromatic nitrogens is 3. The van der Waals surface area contributed by atoms with Crippen LogP contribution >= 0.6 is 0 Å². The van der Waals surface area contributed by atoms with E-state index >= 15 is 0 Å². The number of hydrogen-bond acceptors (Lipinski definition) is 5. The Bertz CT molecular complexity index is 1010. The first-order chi connectivity index (χ1) is 13.3. The molecule has 0 saturated heterocycles. The Morgan fingerprint density at radius 3 is 2.36 bits per heavy atom. The molecule has 1 aromatic heterocycles. The number of aryl methyl sites for hydroxylation is 2. The van der Waals surface area contributed by atoms with Gasteiger partial charge in [-0.05, 0) is 55.5 Å². The summed E-state index contributed by atoms with van der Waals surface area (Å²) in [6.45, 7) is 6.32. The highest BCUT2D eigenvalue weighted by Crippen LogP contribution is 2.17. The van der Waals surface area contributed by atoms with Crippen molar-refractivity contribution < 1.29 is 12.6 Å². The fourth-order valence-electron chi connectivity index (χ4n) is 2.75. The first-order valence-corrected chi connectivity index (χ1v) is 10.7. The maximum Gasteiger partial charge on any atom is 0.296 e. The highest BCUT2D eigenvalue weighted by Gasteiger charge is 2.14. The van der Waals surface area contributed by atoms with E-state index in [2.05, 4.69) is 36.3 Å². The molecule has 6 nitrogen and oxygen atoms in total. The van der Waals surface area contributed by atoms with Crippen molar-refractivity contribution in [3.05, 3.63) is 71.5 Å². The summed E-state index contributed by atoms with van der Waals surface area (Å²) in [7, 11) is -3.72. The third kappa shape index (κ3) is 5.05. The predicted molar refractivity (Wildman–Crippen MR) is 108 cm³/mol. The fourth-order valence-corrected chi connectivity index (χ4v) is 3.69. The molecule has 0 aliphatic carbocycles. The van der Waals surface area contributed by atoms with E-state index in [4.69, 9.17) is 4.18 Å². The Morgan fingerprint density at radius 2 is 1.71 bits per heavy atom. The average molecular weight is 400 g/mol. The monoisotopic (exact) mass is 399 g/mol. The van der Waals surface area contributed by atoms with Gasteiger partial charge < -0.3 is 0 Å². The van der Waals surface area contributed by atoms with Gasteiger partial charge in [-0.3, -0.25) is 4.18 Å². The van der Waals surface area contributed by atoms with Crippen LogP contribution in [0.1, 0.15) is 43.0 Å². The van der Waals surface area contributed by atoms with Crippen molar-refractivity contribution in [1.29, 1.82) is 0 Å². The van der Waals surface area contributed by atoms with Gasteiger partial charge in [-0.2, -0.15) is 8.42 Å². The van der Waals surface area contributed by atoms with Crippen molar-refractivity contribution in [3.63, 3.8) is 0 Å². The van der Waals surface area contributed by atoms with Gasteiger partial charge in [-0.25, -0.2) is 4.68 Å². The van der Waals surface area contributed by atoms with Gasteiger partial charge in [0.1, 0.15) is 0 Å². The molecule has 0 radical (unpaired) electrons. The number of rotatable bonds is 8. The van der Waals surface area contributed by atoms with E-state index in [-0.39, 0.29) is 11.5 Å². The largest absolute Gasteiger partial charge is 0.296 e. The minimum atomic E-state index is -3.72. The SMILES string of the molecule is Cc1ccc(S(=O)(=O)OCCCc2cn(-c3ccc(C(C)C)cc3)nn2)cc1. The summed E-state index contributed by atoms with van der Waals surface area (Å²) in [6.07, 6.45) is 2.99. The molecule has 1 heterocycles. The van der Waals surface area contributed by atoms with Crippen LogP contribution in [0.4, 0.5) is 0 Å². The van der Waals surface area contributed by atoms with Gasteiger partial charge in [0.2, 0.25) is 0 Å². The molecular formula is C21H25N3O3S. The van der Waals surface area contributed by atoms with Crippen LogP contribution in [0, 0.1) is 6.92 Å². The lowest BCUT2D eigenvalue weighted by Crippen LogP contribution is -2.08. The third-order valence-electron chi connectivity index (χ3n) is 4.49. The smallest absolute Gasteiger partial charge is 0.266 e. The summed E-state index contributed by atoms with van der Waals surface area (Å²) in [5.74, 6) is 0.483. The zero-order valence-corrected chi connectivity index (χ0v) is 17.2. The van der Waals surface area contributed by atoms with Gasteiger partial charge in [0.05, 0.1) is 29.1 Å². The second kappa shape index (κ2) is 8.67. The highest BCUT2D eigenvalue weighted by atomic mass is 32.2. The van der Waals surface area contributed by atoms with E-state index in [0.29, 0.717) is 18.8 Å². The van der Waals surface area contributed by atoms with E-state index in [1.807, 2.05) is 25.3 Å². The van der Waals surface area contributed by atoms with Gasteiger partial charge in [-0.15, -0.1) is 5.10 Å². The van der Waals surface area contributed by atoms with Gasteiger partial charge in [0, 0.05) is 0 Å². The molecule has 0 saturated carbocycles.